The Morgan fingerprint density at radius 1 is 1.24 bits per heavy atom. The van der Waals surface area contributed by atoms with Gasteiger partial charge in [-0.05, 0) is 42.7 Å². The molecule has 0 amide bonds. The van der Waals surface area contributed by atoms with E-state index in [2.05, 4.69) is 38.1 Å². The lowest BCUT2D eigenvalue weighted by atomic mass is 9.98. The van der Waals surface area contributed by atoms with Crippen LogP contribution in [0.15, 0.2) is 24.3 Å². The minimum absolute atomic E-state index is 0.592. The summed E-state index contributed by atoms with van der Waals surface area (Å²) >= 11 is 0. The van der Waals surface area contributed by atoms with Gasteiger partial charge in [0, 0.05) is 0 Å². The van der Waals surface area contributed by atoms with Gasteiger partial charge in [0.1, 0.15) is 5.75 Å². The molecule has 0 bridgehead atoms. The van der Waals surface area contributed by atoms with Crippen molar-refractivity contribution in [3.8, 4) is 5.75 Å². The third-order valence-corrected chi connectivity index (χ3v) is 4.01. The van der Waals surface area contributed by atoms with Crippen LogP contribution in [0.5, 0.6) is 5.75 Å². The van der Waals surface area contributed by atoms with E-state index >= 15 is 0 Å². The summed E-state index contributed by atoms with van der Waals surface area (Å²) in [6.07, 6.45) is 6.66. The number of hydrogen-bond acceptors (Lipinski definition) is 1. The van der Waals surface area contributed by atoms with E-state index in [0.717, 1.165) is 18.3 Å². The highest BCUT2D eigenvalue weighted by Crippen LogP contribution is 2.30. The van der Waals surface area contributed by atoms with Crippen molar-refractivity contribution in [1.29, 1.82) is 0 Å². The second kappa shape index (κ2) is 6.09. The maximum atomic E-state index is 6.04. The van der Waals surface area contributed by atoms with Crippen LogP contribution in [0.2, 0.25) is 0 Å². The summed E-state index contributed by atoms with van der Waals surface area (Å²) in [6, 6.07) is 8.52. The average Bonchev–Trinajstić information content (AvgIpc) is 2.89. The molecule has 1 aromatic carbocycles. The van der Waals surface area contributed by atoms with Gasteiger partial charge in [0.15, 0.2) is 0 Å². The zero-order chi connectivity index (χ0) is 12.1. The van der Waals surface area contributed by atoms with E-state index in [0.29, 0.717) is 5.92 Å². The van der Waals surface area contributed by atoms with E-state index in [1.807, 2.05) is 0 Å². The third kappa shape index (κ3) is 3.24. The molecule has 0 N–H and O–H groups in total. The van der Waals surface area contributed by atoms with Crippen LogP contribution in [-0.4, -0.2) is 6.61 Å². The molecule has 0 heterocycles. The highest BCUT2D eigenvalue weighted by atomic mass is 16.5. The Hall–Kier alpha value is -0.980. The zero-order valence-electron chi connectivity index (χ0n) is 11.1. The Bertz CT molecular complexity index is 339. The molecule has 17 heavy (non-hydrogen) atoms. The molecule has 0 aliphatic heterocycles. The van der Waals surface area contributed by atoms with Crippen LogP contribution in [0.25, 0.3) is 0 Å². The van der Waals surface area contributed by atoms with Crippen molar-refractivity contribution in [2.24, 2.45) is 5.92 Å². The van der Waals surface area contributed by atoms with Crippen molar-refractivity contribution < 1.29 is 4.74 Å². The minimum Gasteiger partial charge on any atom is -0.493 e. The van der Waals surface area contributed by atoms with Crippen molar-refractivity contribution in [2.45, 2.75) is 51.9 Å². The highest BCUT2D eigenvalue weighted by molar-refractivity contribution is 5.35. The molecule has 1 unspecified atom stereocenters. The monoisotopic (exact) mass is 232 g/mol. The first-order valence-electron chi connectivity index (χ1n) is 7.03. The topological polar surface area (TPSA) is 9.23 Å². The van der Waals surface area contributed by atoms with Crippen molar-refractivity contribution in [1.82, 2.24) is 0 Å². The molecule has 1 atom stereocenters. The molecule has 1 fully saturated rings. The molecule has 0 saturated heterocycles. The van der Waals surface area contributed by atoms with E-state index < -0.39 is 0 Å². The Balaban J connectivity index is 1.98. The molecule has 2 rings (SSSR count). The normalized spacial score (nSPS) is 18.2. The second-order valence-corrected chi connectivity index (χ2v) is 5.31. The maximum Gasteiger partial charge on any atom is 0.122 e. The number of benzene rings is 1. The SMILES string of the molecule is CCC(C)c1ccccc1OCC1CCCC1. The van der Waals surface area contributed by atoms with Gasteiger partial charge in [-0.15, -0.1) is 0 Å². The summed E-state index contributed by atoms with van der Waals surface area (Å²) in [5.74, 6) is 2.49. The first kappa shape index (κ1) is 12.5. The molecular weight excluding hydrogens is 208 g/mol. The van der Waals surface area contributed by atoms with Crippen LogP contribution < -0.4 is 4.74 Å². The second-order valence-electron chi connectivity index (χ2n) is 5.31. The van der Waals surface area contributed by atoms with Gasteiger partial charge in [0.2, 0.25) is 0 Å². The first-order valence-corrected chi connectivity index (χ1v) is 7.03. The summed E-state index contributed by atoms with van der Waals surface area (Å²) in [4.78, 5) is 0. The first-order chi connectivity index (χ1) is 8.31. The summed E-state index contributed by atoms with van der Waals surface area (Å²) in [6.45, 7) is 5.42. The standard InChI is InChI=1S/C16H24O/c1-3-13(2)15-10-6-7-11-16(15)17-12-14-8-4-5-9-14/h6-7,10-11,13-14H,3-5,8-9,12H2,1-2H3. The summed E-state index contributed by atoms with van der Waals surface area (Å²) in [7, 11) is 0. The molecular formula is C16H24O. The van der Waals surface area contributed by atoms with Crippen LogP contribution in [0, 0.1) is 5.92 Å². The van der Waals surface area contributed by atoms with Gasteiger partial charge >= 0.3 is 0 Å². The van der Waals surface area contributed by atoms with E-state index in [1.54, 1.807) is 0 Å². The fraction of sp³-hybridized carbons (Fsp3) is 0.625. The van der Waals surface area contributed by atoms with Crippen molar-refractivity contribution >= 4 is 0 Å². The maximum absolute atomic E-state index is 6.04. The third-order valence-electron chi connectivity index (χ3n) is 4.01. The molecule has 0 aromatic heterocycles. The molecule has 1 saturated carbocycles. The quantitative estimate of drug-likeness (QED) is 0.710. The van der Waals surface area contributed by atoms with Gasteiger partial charge in [0.25, 0.3) is 0 Å². The number of rotatable bonds is 5. The van der Waals surface area contributed by atoms with Crippen LogP contribution >= 0.6 is 0 Å². The van der Waals surface area contributed by atoms with Gasteiger partial charge in [-0.3, -0.25) is 0 Å². The largest absolute Gasteiger partial charge is 0.493 e. The Labute approximate surface area is 105 Å². The molecule has 0 radical (unpaired) electrons. The van der Waals surface area contributed by atoms with Crippen molar-refractivity contribution in [3.05, 3.63) is 29.8 Å². The molecule has 1 aromatic rings. The van der Waals surface area contributed by atoms with Gasteiger partial charge in [-0.25, -0.2) is 0 Å². The molecule has 94 valence electrons. The van der Waals surface area contributed by atoms with Crippen LogP contribution in [0.1, 0.15) is 57.4 Å². The van der Waals surface area contributed by atoms with E-state index in [4.69, 9.17) is 4.74 Å². The smallest absolute Gasteiger partial charge is 0.122 e. The lowest BCUT2D eigenvalue weighted by molar-refractivity contribution is 0.249. The average molecular weight is 232 g/mol. The van der Waals surface area contributed by atoms with Gasteiger partial charge in [-0.1, -0.05) is 44.9 Å². The summed E-state index contributed by atoms with van der Waals surface area (Å²) in [5, 5.41) is 0. The van der Waals surface area contributed by atoms with E-state index in [1.165, 1.54) is 37.7 Å². The van der Waals surface area contributed by atoms with E-state index in [9.17, 15) is 0 Å². The molecule has 1 aliphatic carbocycles. The molecule has 0 spiro atoms. The summed E-state index contributed by atoms with van der Waals surface area (Å²) in [5.41, 5.74) is 1.37. The Kier molecular flexibility index (Phi) is 4.47. The van der Waals surface area contributed by atoms with Crippen LogP contribution in [-0.2, 0) is 0 Å². The number of para-hydroxylation sites is 1. The highest BCUT2D eigenvalue weighted by Gasteiger charge is 2.16. The Morgan fingerprint density at radius 3 is 2.65 bits per heavy atom. The fourth-order valence-corrected chi connectivity index (χ4v) is 2.62. The predicted octanol–water partition coefficient (Wildman–Crippen LogP) is 4.77. The van der Waals surface area contributed by atoms with Crippen LogP contribution in [0.3, 0.4) is 0 Å². The van der Waals surface area contributed by atoms with E-state index in [-0.39, 0.29) is 0 Å². The van der Waals surface area contributed by atoms with Gasteiger partial charge in [-0.2, -0.15) is 0 Å². The zero-order valence-corrected chi connectivity index (χ0v) is 11.1. The molecule has 1 aliphatic rings. The molecule has 1 nitrogen and oxygen atoms in total. The number of hydrogen-bond donors (Lipinski definition) is 0. The van der Waals surface area contributed by atoms with Crippen molar-refractivity contribution in [3.63, 3.8) is 0 Å². The predicted molar refractivity (Wildman–Crippen MR) is 72.6 cm³/mol. The van der Waals surface area contributed by atoms with Crippen molar-refractivity contribution in [2.75, 3.05) is 6.61 Å². The summed E-state index contributed by atoms with van der Waals surface area (Å²) < 4.78 is 6.04. The lowest BCUT2D eigenvalue weighted by Crippen LogP contribution is -2.09. The minimum atomic E-state index is 0.592. The van der Waals surface area contributed by atoms with Gasteiger partial charge < -0.3 is 4.74 Å². The van der Waals surface area contributed by atoms with Crippen LogP contribution in [0.4, 0.5) is 0 Å². The molecule has 1 heteroatoms. The fourth-order valence-electron chi connectivity index (χ4n) is 2.62. The lowest BCUT2D eigenvalue weighted by Gasteiger charge is -2.17. The number of ether oxygens (including phenoxy) is 1. The Morgan fingerprint density at radius 2 is 1.94 bits per heavy atom. The van der Waals surface area contributed by atoms with Gasteiger partial charge in [0.05, 0.1) is 6.61 Å².